The van der Waals surface area contributed by atoms with Gasteiger partial charge in [0.05, 0.1) is 0 Å². The number of ketones is 4. The molecule has 0 heterocycles. The van der Waals surface area contributed by atoms with E-state index in [-0.39, 0.29) is 40.9 Å². The second-order valence-corrected chi connectivity index (χ2v) is 11.8. The SMILES string of the molecule is C=CC(=O)OC12CC3CC(C(=O)C4CCCC(=O)C4)(C1)CC(C(=O)C1CCCC(=O)C1)(C3)C2. The Labute approximate surface area is 194 Å². The monoisotopic (exact) mass is 454 g/mol. The van der Waals surface area contributed by atoms with Crippen LogP contribution in [0.4, 0.5) is 0 Å². The van der Waals surface area contributed by atoms with Crippen LogP contribution in [-0.4, -0.2) is 34.7 Å². The van der Waals surface area contributed by atoms with E-state index < -0.39 is 22.4 Å². The summed E-state index contributed by atoms with van der Waals surface area (Å²) in [5.41, 5.74) is -2.29. The van der Waals surface area contributed by atoms with E-state index in [1.165, 1.54) is 0 Å². The van der Waals surface area contributed by atoms with Gasteiger partial charge in [0.2, 0.25) is 0 Å². The summed E-state index contributed by atoms with van der Waals surface area (Å²) in [5, 5.41) is 0. The molecule has 178 valence electrons. The quantitative estimate of drug-likeness (QED) is 0.443. The lowest BCUT2D eigenvalue weighted by atomic mass is 9.39. The zero-order valence-electron chi connectivity index (χ0n) is 19.4. The van der Waals surface area contributed by atoms with Gasteiger partial charge in [-0.25, -0.2) is 4.79 Å². The average molecular weight is 455 g/mol. The van der Waals surface area contributed by atoms with Crippen LogP contribution >= 0.6 is 0 Å². The van der Waals surface area contributed by atoms with Gasteiger partial charge in [0, 0.05) is 54.4 Å². The molecule has 4 atom stereocenters. The molecule has 6 aliphatic rings. The molecule has 0 amide bonds. The molecular weight excluding hydrogens is 420 g/mol. The lowest BCUT2D eigenvalue weighted by Gasteiger charge is -2.65. The number of Topliss-reactive ketones (excluding diaryl/α,β-unsaturated/α-hetero) is 4. The molecule has 6 fully saturated rings. The molecule has 4 unspecified atom stereocenters. The van der Waals surface area contributed by atoms with Crippen molar-refractivity contribution in [1.29, 1.82) is 0 Å². The predicted octanol–water partition coefficient (Wildman–Crippen LogP) is 4.08. The minimum atomic E-state index is -0.840. The summed E-state index contributed by atoms with van der Waals surface area (Å²) in [7, 11) is 0. The highest BCUT2D eigenvalue weighted by molar-refractivity contribution is 5.96. The first-order valence-electron chi connectivity index (χ1n) is 12.7. The molecule has 0 aromatic heterocycles. The molecule has 0 radical (unpaired) electrons. The molecule has 4 bridgehead atoms. The van der Waals surface area contributed by atoms with E-state index in [0.29, 0.717) is 77.0 Å². The van der Waals surface area contributed by atoms with Gasteiger partial charge in [-0.15, -0.1) is 0 Å². The van der Waals surface area contributed by atoms with Crippen molar-refractivity contribution in [3.8, 4) is 0 Å². The van der Waals surface area contributed by atoms with Crippen LogP contribution in [0.3, 0.4) is 0 Å². The lowest BCUT2D eigenvalue weighted by molar-refractivity contribution is -0.220. The third-order valence-electron chi connectivity index (χ3n) is 9.25. The maximum absolute atomic E-state index is 14.0. The molecule has 0 aromatic rings. The van der Waals surface area contributed by atoms with E-state index in [1.54, 1.807) is 0 Å². The molecule has 6 heteroatoms. The number of esters is 1. The van der Waals surface area contributed by atoms with Crippen molar-refractivity contribution in [3.63, 3.8) is 0 Å². The molecule has 6 saturated carbocycles. The molecule has 0 aliphatic heterocycles. The fourth-order valence-electron chi connectivity index (χ4n) is 8.63. The van der Waals surface area contributed by atoms with Crippen LogP contribution in [0.25, 0.3) is 0 Å². The van der Waals surface area contributed by atoms with Gasteiger partial charge in [-0.2, -0.15) is 0 Å². The third-order valence-corrected chi connectivity index (χ3v) is 9.25. The van der Waals surface area contributed by atoms with Crippen LogP contribution in [0.1, 0.15) is 89.9 Å². The molecule has 33 heavy (non-hydrogen) atoms. The smallest absolute Gasteiger partial charge is 0.330 e. The van der Waals surface area contributed by atoms with Gasteiger partial charge in [-0.1, -0.05) is 6.58 Å². The maximum atomic E-state index is 14.0. The second-order valence-electron chi connectivity index (χ2n) is 11.8. The Bertz CT molecular complexity index is 875. The van der Waals surface area contributed by atoms with E-state index in [9.17, 15) is 24.0 Å². The molecule has 0 spiro atoms. The Morgan fingerprint density at radius 3 is 1.79 bits per heavy atom. The van der Waals surface area contributed by atoms with Crippen molar-refractivity contribution >= 4 is 29.1 Å². The summed E-state index contributed by atoms with van der Waals surface area (Å²) in [4.78, 5) is 64.6. The fraction of sp³-hybridized carbons (Fsp3) is 0.741. The van der Waals surface area contributed by atoms with E-state index >= 15 is 0 Å². The van der Waals surface area contributed by atoms with Gasteiger partial charge in [-0.3, -0.25) is 19.2 Å². The van der Waals surface area contributed by atoms with Crippen LogP contribution in [-0.2, 0) is 28.7 Å². The topological polar surface area (TPSA) is 94.6 Å². The summed E-state index contributed by atoms with van der Waals surface area (Å²) < 4.78 is 5.97. The Hall–Kier alpha value is -2.11. The number of carbonyl (C=O) groups excluding carboxylic acids is 5. The van der Waals surface area contributed by atoms with Gasteiger partial charge in [-0.05, 0) is 70.1 Å². The van der Waals surface area contributed by atoms with Gasteiger partial charge < -0.3 is 4.74 Å². The highest BCUT2D eigenvalue weighted by atomic mass is 16.6. The van der Waals surface area contributed by atoms with Crippen molar-refractivity contribution in [2.45, 2.75) is 95.5 Å². The largest absolute Gasteiger partial charge is 0.456 e. The zero-order chi connectivity index (χ0) is 23.4. The Balaban J connectivity index is 1.51. The maximum Gasteiger partial charge on any atom is 0.330 e. The predicted molar refractivity (Wildman–Crippen MR) is 119 cm³/mol. The van der Waals surface area contributed by atoms with Crippen LogP contribution in [0.5, 0.6) is 0 Å². The van der Waals surface area contributed by atoms with Crippen LogP contribution in [0.15, 0.2) is 12.7 Å². The molecule has 6 rings (SSSR count). The normalized spacial score (nSPS) is 42.1. The first-order valence-corrected chi connectivity index (χ1v) is 12.7. The third kappa shape index (κ3) is 3.83. The summed E-state index contributed by atoms with van der Waals surface area (Å²) in [5.74, 6) is -0.470. The molecule has 6 aliphatic carbocycles. The number of carbonyl (C=O) groups is 5. The first-order chi connectivity index (χ1) is 15.7. The number of hydrogen-bond donors (Lipinski definition) is 0. The minimum absolute atomic E-state index is 0.107. The molecule has 0 aromatic carbocycles. The highest BCUT2D eigenvalue weighted by Crippen LogP contribution is 2.69. The summed E-state index contributed by atoms with van der Waals surface area (Å²) in [6.07, 6.45) is 9.19. The van der Waals surface area contributed by atoms with Crippen molar-refractivity contribution in [3.05, 3.63) is 12.7 Å². The van der Waals surface area contributed by atoms with Crippen LogP contribution in [0, 0.1) is 28.6 Å². The molecular formula is C27H34O6. The first kappa shape index (κ1) is 22.7. The van der Waals surface area contributed by atoms with Gasteiger partial charge in [0.15, 0.2) is 0 Å². The van der Waals surface area contributed by atoms with E-state index in [4.69, 9.17) is 4.74 Å². The van der Waals surface area contributed by atoms with Crippen LogP contribution in [0.2, 0.25) is 0 Å². The zero-order valence-corrected chi connectivity index (χ0v) is 19.4. The minimum Gasteiger partial charge on any atom is -0.456 e. The second kappa shape index (κ2) is 7.99. The summed E-state index contributed by atoms with van der Waals surface area (Å²) >= 11 is 0. The van der Waals surface area contributed by atoms with E-state index in [1.807, 2.05) is 0 Å². The van der Waals surface area contributed by atoms with Crippen molar-refractivity contribution in [2.24, 2.45) is 28.6 Å². The lowest BCUT2D eigenvalue weighted by Crippen LogP contribution is -2.66. The summed E-state index contributed by atoms with van der Waals surface area (Å²) in [6, 6.07) is 0. The average Bonchev–Trinajstić information content (AvgIpc) is 2.76. The van der Waals surface area contributed by atoms with Crippen molar-refractivity contribution < 1.29 is 28.7 Å². The number of hydrogen-bond acceptors (Lipinski definition) is 6. The molecule has 0 N–H and O–H groups in total. The Morgan fingerprint density at radius 1 is 0.818 bits per heavy atom. The Morgan fingerprint density at radius 2 is 1.33 bits per heavy atom. The Kier molecular flexibility index (Phi) is 5.49. The van der Waals surface area contributed by atoms with E-state index in [0.717, 1.165) is 18.9 Å². The molecule has 0 saturated heterocycles. The molecule has 6 nitrogen and oxygen atoms in total. The van der Waals surface area contributed by atoms with Crippen molar-refractivity contribution in [2.75, 3.05) is 0 Å². The van der Waals surface area contributed by atoms with Gasteiger partial charge >= 0.3 is 5.97 Å². The number of rotatable bonds is 6. The standard InChI is InChI=1S/C27H34O6/c1-2-22(30)33-27-13-17-11-25(15-27,23(31)18-5-3-7-20(28)9-18)14-26(12-17,16-27)24(32)19-6-4-8-21(29)10-19/h2,17-19H,1,3-16H2. The van der Waals surface area contributed by atoms with Gasteiger partial charge in [0.1, 0.15) is 28.7 Å². The highest BCUT2D eigenvalue weighted by Gasteiger charge is 2.69. The van der Waals surface area contributed by atoms with Crippen molar-refractivity contribution in [1.82, 2.24) is 0 Å². The number of ether oxygens (including phenoxy) is 1. The van der Waals surface area contributed by atoms with E-state index in [2.05, 4.69) is 6.58 Å². The van der Waals surface area contributed by atoms with Gasteiger partial charge in [0.25, 0.3) is 0 Å². The van der Waals surface area contributed by atoms with Crippen LogP contribution < -0.4 is 0 Å². The summed E-state index contributed by atoms with van der Waals surface area (Å²) in [6.45, 7) is 3.54. The fourth-order valence-corrected chi connectivity index (χ4v) is 8.63.